The Morgan fingerprint density at radius 3 is 1.38 bits per heavy atom. The molecule has 1 atom stereocenters. The van der Waals surface area contributed by atoms with Gasteiger partial charge in [0.15, 0.2) is 0 Å². The molecule has 0 aromatic heterocycles. The van der Waals surface area contributed by atoms with Crippen LogP contribution in [0.1, 0.15) is 200 Å². The fourth-order valence-electron chi connectivity index (χ4n) is 5.81. The first-order valence-corrected chi connectivity index (χ1v) is 20.3. The van der Waals surface area contributed by atoms with Crippen molar-refractivity contribution >= 4 is 11.9 Å². The second-order valence-corrected chi connectivity index (χ2v) is 13.4. The van der Waals surface area contributed by atoms with Gasteiger partial charge in [0.25, 0.3) is 0 Å². The summed E-state index contributed by atoms with van der Waals surface area (Å²) in [5.41, 5.74) is 0. The second-order valence-electron chi connectivity index (χ2n) is 13.4. The van der Waals surface area contributed by atoms with Crippen molar-refractivity contribution in [2.24, 2.45) is 0 Å². The number of unbranched alkanes of at least 4 members (excludes halogenated alkanes) is 17. The van der Waals surface area contributed by atoms with Crippen LogP contribution in [-0.2, 0) is 14.3 Å². The van der Waals surface area contributed by atoms with Crippen molar-refractivity contribution in [3.63, 3.8) is 0 Å². The Balaban J connectivity index is 3.90. The normalized spacial score (nSPS) is 12.9. The number of aliphatic carboxylic acids is 1. The van der Waals surface area contributed by atoms with E-state index in [0.29, 0.717) is 19.3 Å². The molecule has 276 valence electrons. The molecule has 48 heavy (non-hydrogen) atoms. The molecule has 0 saturated carbocycles. The van der Waals surface area contributed by atoms with Crippen molar-refractivity contribution in [1.29, 1.82) is 0 Å². The van der Waals surface area contributed by atoms with E-state index >= 15 is 0 Å². The molecule has 0 amide bonds. The fraction of sp³-hybridized carbons (Fsp3) is 0.727. The Kier molecular flexibility index (Phi) is 37.2. The lowest BCUT2D eigenvalue weighted by atomic mass is 10.0. The molecule has 0 radical (unpaired) electrons. The highest BCUT2D eigenvalue weighted by molar-refractivity contribution is 5.69. The second kappa shape index (κ2) is 39.1. The lowest BCUT2D eigenvalue weighted by Crippen LogP contribution is -2.18. The van der Waals surface area contributed by atoms with Crippen molar-refractivity contribution in [2.75, 3.05) is 0 Å². The van der Waals surface area contributed by atoms with Gasteiger partial charge in [-0.25, -0.2) is 0 Å². The van der Waals surface area contributed by atoms with Crippen LogP contribution >= 0.6 is 0 Å². The molecule has 0 rings (SSSR count). The topological polar surface area (TPSA) is 63.6 Å². The number of carbonyl (C=O) groups excluding carboxylic acids is 1. The molecule has 0 aliphatic carbocycles. The quantitative estimate of drug-likeness (QED) is 0.0410. The monoisotopic (exact) mass is 669 g/mol. The number of ether oxygens (including phenoxy) is 1. The maximum Gasteiger partial charge on any atom is 0.306 e. The smallest absolute Gasteiger partial charge is 0.306 e. The van der Waals surface area contributed by atoms with E-state index < -0.39 is 5.97 Å². The first-order valence-electron chi connectivity index (χ1n) is 20.3. The van der Waals surface area contributed by atoms with Gasteiger partial charge in [0.1, 0.15) is 6.10 Å². The van der Waals surface area contributed by atoms with Crippen LogP contribution < -0.4 is 0 Å². The van der Waals surface area contributed by atoms with E-state index in [0.717, 1.165) is 70.6 Å². The Hall–Kier alpha value is -2.36. The van der Waals surface area contributed by atoms with Gasteiger partial charge in [0.05, 0.1) is 0 Å². The van der Waals surface area contributed by atoms with Crippen molar-refractivity contribution in [3.05, 3.63) is 60.8 Å². The number of carboxylic acid groups (broad SMARTS) is 1. The number of allylic oxidation sites excluding steroid dienone is 10. The van der Waals surface area contributed by atoms with Gasteiger partial charge in [-0.2, -0.15) is 0 Å². The maximum atomic E-state index is 12.5. The SMILES string of the molecule is CC/C=C\C/C=C\C/C=C\C/C=C\C/C=C\CCCCCC(=O)OC(CCCCCCCCCCCCCCCCC)CCCC(=O)O. The molecule has 0 fully saturated rings. The summed E-state index contributed by atoms with van der Waals surface area (Å²) in [6.07, 6.45) is 53.8. The zero-order chi connectivity index (χ0) is 35.0. The average molecular weight is 669 g/mol. The highest BCUT2D eigenvalue weighted by Crippen LogP contribution is 2.18. The van der Waals surface area contributed by atoms with Crippen molar-refractivity contribution < 1.29 is 19.4 Å². The zero-order valence-electron chi connectivity index (χ0n) is 31.5. The highest BCUT2D eigenvalue weighted by atomic mass is 16.5. The van der Waals surface area contributed by atoms with E-state index in [-0.39, 0.29) is 18.5 Å². The summed E-state index contributed by atoms with van der Waals surface area (Å²) in [6.45, 7) is 4.43. The average Bonchev–Trinajstić information content (AvgIpc) is 3.07. The van der Waals surface area contributed by atoms with Crippen molar-refractivity contribution in [1.82, 2.24) is 0 Å². The van der Waals surface area contributed by atoms with Gasteiger partial charge in [-0.3, -0.25) is 9.59 Å². The molecule has 0 aliphatic rings. The molecule has 0 spiro atoms. The summed E-state index contributed by atoms with van der Waals surface area (Å²) >= 11 is 0. The summed E-state index contributed by atoms with van der Waals surface area (Å²) in [6, 6.07) is 0. The minimum atomic E-state index is -0.778. The minimum Gasteiger partial charge on any atom is -0.481 e. The molecule has 0 saturated heterocycles. The predicted octanol–water partition coefficient (Wildman–Crippen LogP) is 14.1. The Labute approximate surface area is 297 Å². The third kappa shape index (κ3) is 38.1. The van der Waals surface area contributed by atoms with Crippen LogP contribution in [0.5, 0.6) is 0 Å². The summed E-state index contributed by atoms with van der Waals surface area (Å²) in [7, 11) is 0. The van der Waals surface area contributed by atoms with Gasteiger partial charge in [0.2, 0.25) is 0 Å². The molecule has 0 bridgehead atoms. The van der Waals surface area contributed by atoms with Crippen LogP contribution in [0.3, 0.4) is 0 Å². The number of esters is 1. The number of rotatable bonds is 36. The fourth-order valence-corrected chi connectivity index (χ4v) is 5.81. The summed E-state index contributed by atoms with van der Waals surface area (Å²) in [5.74, 6) is -0.897. The van der Waals surface area contributed by atoms with E-state index in [9.17, 15) is 9.59 Å². The Morgan fingerprint density at radius 2 is 0.896 bits per heavy atom. The number of carboxylic acids is 1. The van der Waals surface area contributed by atoms with Gasteiger partial charge < -0.3 is 9.84 Å². The molecule has 1 unspecified atom stereocenters. The van der Waals surface area contributed by atoms with E-state index in [1.54, 1.807) is 0 Å². The molecule has 0 aliphatic heterocycles. The van der Waals surface area contributed by atoms with Crippen LogP contribution in [0.2, 0.25) is 0 Å². The van der Waals surface area contributed by atoms with Gasteiger partial charge >= 0.3 is 11.9 Å². The summed E-state index contributed by atoms with van der Waals surface area (Å²) in [5, 5.41) is 9.03. The van der Waals surface area contributed by atoms with Gasteiger partial charge in [-0.15, -0.1) is 0 Å². The van der Waals surface area contributed by atoms with Crippen LogP contribution in [0.15, 0.2) is 60.8 Å². The minimum absolute atomic E-state index is 0.119. The van der Waals surface area contributed by atoms with Crippen LogP contribution in [-0.4, -0.2) is 23.1 Å². The largest absolute Gasteiger partial charge is 0.481 e. The molecule has 0 aromatic carbocycles. The Morgan fingerprint density at radius 1 is 0.479 bits per heavy atom. The number of hydrogen-bond donors (Lipinski definition) is 1. The lowest BCUT2D eigenvalue weighted by Gasteiger charge is -2.18. The molecule has 4 nitrogen and oxygen atoms in total. The number of carbonyl (C=O) groups is 2. The summed E-state index contributed by atoms with van der Waals surface area (Å²) in [4.78, 5) is 23.5. The van der Waals surface area contributed by atoms with Gasteiger partial charge in [-0.1, -0.05) is 171 Å². The van der Waals surface area contributed by atoms with E-state index in [1.807, 2.05) is 0 Å². The van der Waals surface area contributed by atoms with Crippen LogP contribution in [0, 0.1) is 0 Å². The van der Waals surface area contributed by atoms with E-state index in [4.69, 9.17) is 9.84 Å². The van der Waals surface area contributed by atoms with Crippen molar-refractivity contribution in [2.45, 2.75) is 206 Å². The third-order valence-electron chi connectivity index (χ3n) is 8.75. The lowest BCUT2D eigenvalue weighted by molar-refractivity contribution is -0.150. The predicted molar refractivity (Wildman–Crippen MR) is 208 cm³/mol. The first kappa shape index (κ1) is 45.6. The molecule has 0 aromatic rings. The molecule has 1 N–H and O–H groups in total. The van der Waals surface area contributed by atoms with Gasteiger partial charge in [-0.05, 0) is 77.0 Å². The molecular formula is C44H76O4. The Bertz CT molecular complexity index is 850. The van der Waals surface area contributed by atoms with Crippen LogP contribution in [0.4, 0.5) is 0 Å². The first-order chi connectivity index (χ1) is 23.6. The highest BCUT2D eigenvalue weighted by Gasteiger charge is 2.15. The zero-order valence-corrected chi connectivity index (χ0v) is 31.5. The standard InChI is InChI=1S/C44H76O4/c1-3-5-7-9-11-13-15-17-19-20-21-22-24-26-28-30-32-34-36-41-44(47)48-42(39-37-40-43(45)46)38-35-33-31-29-27-25-23-18-16-14-12-10-8-6-4-2/h5,7,11,13,17,19,21-22,26,28,42H,3-4,6,8-10,12,14-16,18,20,23-25,27,29-41H2,1-2H3,(H,45,46)/b7-5-,13-11-,19-17-,22-21-,28-26-. The van der Waals surface area contributed by atoms with E-state index in [1.165, 1.54) is 89.9 Å². The van der Waals surface area contributed by atoms with Crippen LogP contribution in [0.25, 0.3) is 0 Å². The van der Waals surface area contributed by atoms with Crippen molar-refractivity contribution in [3.8, 4) is 0 Å². The maximum absolute atomic E-state index is 12.5. The van der Waals surface area contributed by atoms with E-state index in [2.05, 4.69) is 74.6 Å². The molecular weight excluding hydrogens is 592 g/mol. The molecule has 0 heterocycles. The summed E-state index contributed by atoms with van der Waals surface area (Å²) < 4.78 is 5.82. The number of hydrogen-bond acceptors (Lipinski definition) is 3. The third-order valence-corrected chi connectivity index (χ3v) is 8.75. The van der Waals surface area contributed by atoms with Gasteiger partial charge in [0, 0.05) is 12.8 Å². The molecule has 4 heteroatoms.